The lowest BCUT2D eigenvalue weighted by atomic mass is 10.2. The number of nitrogens with one attached hydrogen (secondary N) is 1. The number of nitrogens with zero attached hydrogens (tertiary/aromatic N) is 2. The summed E-state index contributed by atoms with van der Waals surface area (Å²) < 4.78 is 0. The van der Waals surface area contributed by atoms with Crippen LogP contribution in [0.2, 0.25) is 5.02 Å². The van der Waals surface area contributed by atoms with Gasteiger partial charge in [0.05, 0.1) is 17.8 Å². The summed E-state index contributed by atoms with van der Waals surface area (Å²) in [4.78, 5) is 12.1. The van der Waals surface area contributed by atoms with Crippen LogP contribution in [0.3, 0.4) is 0 Å². The van der Waals surface area contributed by atoms with Gasteiger partial charge in [-0.1, -0.05) is 25.4 Å². The van der Waals surface area contributed by atoms with E-state index >= 15 is 0 Å². The van der Waals surface area contributed by atoms with Crippen LogP contribution in [0.15, 0.2) is 30.5 Å². The SMILES string of the molecule is CCN(CC)CCONc1ccnc2cc(Cl)ccc12. The molecule has 20 heavy (non-hydrogen) atoms. The summed E-state index contributed by atoms with van der Waals surface area (Å²) in [6.07, 6.45) is 1.74. The summed E-state index contributed by atoms with van der Waals surface area (Å²) in [5.74, 6) is 0. The Hall–Kier alpha value is -1.36. The first-order valence-electron chi connectivity index (χ1n) is 6.89. The van der Waals surface area contributed by atoms with Gasteiger partial charge in [0, 0.05) is 23.2 Å². The van der Waals surface area contributed by atoms with Crippen molar-refractivity contribution in [2.75, 3.05) is 31.7 Å². The molecular weight excluding hydrogens is 274 g/mol. The average molecular weight is 294 g/mol. The Morgan fingerprint density at radius 3 is 2.80 bits per heavy atom. The van der Waals surface area contributed by atoms with Gasteiger partial charge in [0.1, 0.15) is 0 Å². The Morgan fingerprint density at radius 2 is 2.05 bits per heavy atom. The standard InChI is InChI=1S/C15H20ClN3O/c1-3-19(4-2)9-10-20-18-14-7-8-17-15-11-12(16)5-6-13(14)15/h5-8,11H,3-4,9-10H2,1-2H3,(H,17,18). The Kier molecular flexibility index (Phi) is 5.59. The van der Waals surface area contributed by atoms with Crippen LogP contribution >= 0.6 is 11.6 Å². The lowest BCUT2D eigenvalue weighted by molar-refractivity contribution is 0.151. The molecule has 5 heteroatoms. The van der Waals surface area contributed by atoms with Gasteiger partial charge in [-0.25, -0.2) is 0 Å². The molecule has 4 nitrogen and oxygen atoms in total. The van der Waals surface area contributed by atoms with Gasteiger partial charge in [0.2, 0.25) is 0 Å². The molecule has 108 valence electrons. The molecule has 0 saturated heterocycles. The van der Waals surface area contributed by atoms with E-state index in [4.69, 9.17) is 16.4 Å². The molecule has 0 aliphatic rings. The fourth-order valence-electron chi connectivity index (χ4n) is 2.05. The van der Waals surface area contributed by atoms with Gasteiger partial charge >= 0.3 is 0 Å². The normalized spacial score (nSPS) is 11.2. The quantitative estimate of drug-likeness (QED) is 0.625. The van der Waals surface area contributed by atoms with E-state index in [2.05, 4.69) is 29.2 Å². The van der Waals surface area contributed by atoms with Crippen LogP contribution in [-0.2, 0) is 4.84 Å². The lowest BCUT2D eigenvalue weighted by Gasteiger charge is -2.18. The third-order valence-electron chi connectivity index (χ3n) is 3.29. The summed E-state index contributed by atoms with van der Waals surface area (Å²) >= 11 is 5.97. The zero-order valence-electron chi connectivity index (χ0n) is 11.9. The molecule has 0 aliphatic heterocycles. The molecular formula is C15H20ClN3O. The van der Waals surface area contributed by atoms with E-state index in [0.717, 1.165) is 36.2 Å². The number of likely N-dealkylation sites (N-methyl/N-ethyl adjacent to an activating group) is 1. The summed E-state index contributed by atoms with van der Waals surface area (Å²) in [5.41, 5.74) is 4.77. The van der Waals surface area contributed by atoms with Crippen LogP contribution in [0.1, 0.15) is 13.8 Å². The van der Waals surface area contributed by atoms with Crippen LogP contribution in [-0.4, -0.2) is 36.1 Å². The first-order valence-corrected chi connectivity index (χ1v) is 7.26. The van der Waals surface area contributed by atoms with E-state index < -0.39 is 0 Å². The molecule has 0 bridgehead atoms. The van der Waals surface area contributed by atoms with Crippen molar-refractivity contribution in [2.24, 2.45) is 0 Å². The summed E-state index contributed by atoms with van der Waals surface area (Å²) in [7, 11) is 0. The molecule has 0 spiro atoms. The van der Waals surface area contributed by atoms with Crippen molar-refractivity contribution >= 4 is 28.2 Å². The number of hydrogen-bond donors (Lipinski definition) is 1. The molecule has 0 atom stereocenters. The topological polar surface area (TPSA) is 37.4 Å². The zero-order chi connectivity index (χ0) is 14.4. The van der Waals surface area contributed by atoms with E-state index in [1.807, 2.05) is 24.3 Å². The molecule has 2 rings (SSSR count). The predicted molar refractivity (Wildman–Crippen MR) is 84.1 cm³/mol. The van der Waals surface area contributed by atoms with Crippen molar-refractivity contribution in [1.82, 2.24) is 9.88 Å². The van der Waals surface area contributed by atoms with Crippen LogP contribution in [0.5, 0.6) is 0 Å². The van der Waals surface area contributed by atoms with Crippen molar-refractivity contribution in [2.45, 2.75) is 13.8 Å². The number of rotatable bonds is 7. The maximum Gasteiger partial charge on any atom is 0.0873 e. The van der Waals surface area contributed by atoms with Crippen molar-refractivity contribution in [3.05, 3.63) is 35.5 Å². The zero-order valence-corrected chi connectivity index (χ0v) is 12.7. The van der Waals surface area contributed by atoms with Crippen LogP contribution in [0.25, 0.3) is 10.9 Å². The fourth-order valence-corrected chi connectivity index (χ4v) is 2.22. The highest BCUT2D eigenvalue weighted by Crippen LogP contribution is 2.24. The van der Waals surface area contributed by atoms with Crippen molar-refractivity contribution < 1.29 is 4.84 Å². The van der Waals surface area contributed by atoms with Gasteiger partial charge in [-0.15, -0.1) is 0 Å². The van der Waals surface area contributed by atoms with Gasteiger partial charge in [0.15, 0.2) is 0 Å². The largest absolute Gasteiger partial charge is 0.301 e. The predicted octanol–water partition coefficient (Wildman–Crippen LogP) is 3.57. The monoisotopic (exact) mass is 293 g/mol. The number of pyridine rings is 1. The maximum atomic E-state index is 5.97. The number of anilines is 1. The second-order valence-electron chi connectivity index (χ2n) is 4.50. The Balaban J connectivity index is 1.96. The van der Waals surface area contributed by atoms with Gasteiger partial charge in [-0.2, -0.15) is 0 Å². The molecule has 1 N–H and O–H groups in total. The molecule has 0 radical (unpaired) electrons. The number of halogens is 1. The minimum atomic E-state index is 0.638. The second-order valence-corrected chi connectivity index (χ2v) is 4.93. The third-order valence-corrected chi connectivity index (χ3v) is 3.53. The first-order chi connectivity index (χ1) is 9.74. The highest BCUT2D eigenvalue weighted by molar-refractivity contribution is 6.31. The molecule has 1 aromatic heterocycles. The summed E-state index contributed by atoms with van der Waals surface area (Å²) in [6, 6.07) is 7.54. The highest BCUT2D eigenvalue weighted by atomic mass is 35.5. The minimum absolute atomic E-state index is 0.638. The second kappa shape index (κ2) is 7.43. The molecule has 0 aliphatic carbocycles. The first kappa shape index (κ1) is 15.0. The molecule has 0 saturated carbocycles. The number of aromatic nitrogens is 1. The van der Waals surface area contributed by atoms with E-state index in [9.17, 15) is 0 Å². The maximum absolute atomic E-state index is 5.97. The van der Waals surface area contributed by atoms with E-state index in [0.29, 0.717) is 11.6 Å². The molecule has 0 unspecified atom stereocenters. The molecule has 1 aromatic carbocycles. The highest BCUT2D eigenvalue weighted by Gasteiger charge is 2.03. The summed E-state index contributed by atoms with van der Waals surface area (Å²) in [6.45, 7) is 7.93. The minimum Gasteiger partial charge on any atom is -0.301 e. The van der Waals surface area contributed by atoms with Gasteiger partial charge in [-0.05, 0) is 37.4 Å². The smallest absolute Gasteiger partial charge is 0.0873 e. The van der Waals surface area contributed by atoms with Gasteiger partial charge in [-0.3, -0.25) is 15.3 Å². The molecule has 0 amide bonds. The Morgan fingerprint density at radius 1 is 1.25 bits per heavy atom. The Bertz CT molecular complexity index is 558. The van der Waals surface area contributed by atoms with E-state index in [-0.39, 0.29) is 0 Å². The number of benzene rings is 1. The summed E-state index contributed by atoms with van der Waals surface area (Å²) in [5, 5.41) is 1.68. The van der Waals surface area contributed by atoms with Gasteiger partial charge < -0.3 is 4.90 Å². The van der Waals surface area contributed by atoms with Gasteiger partial charge in [0.25, 0.3) is 0 Å². The van der Waals surface area contributed by atoms with E-state index in [1.165, 1.54) is 0 Å². The average Bonchev–Trinajstić information content (AvgIpc) is 2.47. The van der Waals surface area contributed by atoms with Crippen LogP contribution < -0.4 is 5.48 Å². The third kappa shape index (κ3) is 3.82. The van der Waals surface area contributed by atoms with Crippen molar-refractivity contribution in [3.63, 3.8) is 0 Å². The molecule has 2 aromatic rings. The van der Waals surface area contributed by atoms with Crippen LogP contribution in [0, 0.1) is 0 Å². The van der Waals surface area contributed by atoms with Crippen LogP contribution in [0.4, 0.5) is 5.69 Å². The Labute approximate surface area is 124 Å². The molecule has 1 heterocycles. The lowest BCUT2D eigenvalue weighted by Crippen LogP contribution is -2.27. The number of hydrogen-bond acceptors (Lipinski definition) is 4. The fraction of sp³-hybridized carbons (Fsp3) is 0.400. The van der Waals surface area contributed by atoms with E-state index in [1.54, 1.807) is 6.20 Å². The van der Waals surface area contributed by atoms with Crippen molar-refractivity contribution in [1.29, 1.82) is 0 Å². The molecule has 0 fully saturated rings. The van der Waals surface area contributed by atoms with Crippen molar-refractivity contribution in [3.8, 4) is 0 Å². The number of fused-ring (bicyclic) bond motifs is 1.